The quantitative estimate of drug-likeness (QED) is 0.649. The fraction of sp³-hybridized carbons (Fsp3) is 0.200. The summed E-state index contributed by atoms with van der Waals surface area (Å²) < 4.78 is 14.5. The predicted octanol–water partition coefficient (Wildman–Crippen LogP) is 4.26. The highest BCUT2D eigenvalue weighted by atomic mass is 32.2. The van der Waals surface area contributed by atoms with E-state index in [2.05, 4.69) is 20.3 Å². The van der Waals surface area contributed by atoms with E-state index in [1.165, 1.54) is 30.1 Å². The number of thioether (sulfide) groups is 1. The number of nitrogens with one attached hydrogen (secondary N) is 1. The van der Waals surface area contributed by atoms with Gasteiger partial charge in [-0.25, -0.2) is 9.37 Å². The van der Waals surface area contributed by atoms with Gasteiger partial charge in [-0.15, -0.1) is 0 Å². The lowest BCUT2D eigenvalue weighted by Crippen LogP contribution is -2.29. The van der Waals surface area contributed by atoms with Gasteiger partial charge in [0.15, 0.2) is 5.17 Å². The van der Waals surface area contributed by atoms with Crippen LogP contribution in [0.25, 0.3) is 11.3 Å². The van der Waals surface area contributed by atoms with Crippen LogP contribution in [-0.4, -0.2) is 26.8 Å². The van der Waals surface area contributed by atoms with Crippen molar-refractivity contribution in [3.05, 3.63) is 64.5 Å². The monoisotopic (exact) mass is 427 g/mol. The van der Waals surface area contributed by atoms with E-state index in [9.17, 15) is 9.18 Å². The Morgan fingerprint density at radius 1 is 1.28 bits per heavy atom. The summed E-state index contributed by atoms with van der Waals surface area (Å²) in [6, 6.07) is 6.38. The molecule has 4 rings (SSSR count). The number of aromatic nitrogens is 2. The Morgan fingerprint density at radius 2 is 2.14 bits per heavy atom. The zero-order valence-corrected chi connectivity index (χ0v) is 17.2. The minimum atomic E-state index is -0.762. The van der Waals surface area contributed by atoms with Crippen molar-refractivity contribution in [3.8, 4) is 11.3 Å². The summed E-state index contributed by atoms with van der Waals surface area (Å²) in [5, 5.41) is 7.11. The van der Waals surface area contributed by atoms with Gasteiger partial charge >= 0.3 is 0 Å². The lowest BCUT2D eigenvalue weighted by Gasteiger charge is -2.30. The molecular weight excluding hydrogens is 409 g/mol. The van der Waals surface area contributed by atoms with Crippen LogP contribution in [-0.2, 0) is 5.54 Å². The Morgan fingerprint density at radius 3 is 2.83 bits per heavy atom. The maximum Gasteiger partial charge on any atom is 0.275 e. The van der Waals surface area contributed by atoms with E-state index in [0.717, 1.165) is 11.3 Å². The summed E-state index contributed by atoms with van der Waals surface area (Å²) in [6.07, 6.45) is 3.64. The molecule has 0 fully saturated rings. The number of hydrogen-bond donors (Lipinski definition) is 2. The van der Waals surface area contributed by atoms with Gasteiger partial charge in [0.05, 0.1) is 23.6 Å². The molecule has 1 aliphatic heterocycles. The number of benzene rings is 1. The Kier molecular flexibility index (Phi) is 5.33. The van der Waals surface area contributed by atoms with Crippen LogP contribution in [0.3, 0.4) is 0 Å². The first-order valence-corrected chi connectivity index (χ1v) is 10.8. The molecule has 2 aromatic heterocycles. The van der Waals surface area contributed by atoms with Gasteiger partial charge in [0.25, 0.3) is 5.91 Å². The molecule has 29 heavy (non-hydrogen) atoms. The molecule has 0 radical (unpaired) electrons. The minimum absolute atomic E-state index is 0.178. The van der Waals surface area contributed by atoms with Gasteiger partial charge in [0.2, 0.25) is 0 Å². The maximum atomic E-state index is 14.5. The number of anilines is 1. The second kappa shape index (κ2) is 7.92. The normalized spacial score (nSPS) is 18.9. The molecule has 0 aliphatic carbocycles. The standard InChI is InChI=1S/C20H18FN5OS2/c1-20(5-7-29-19(22)26-20)14-8-13(2-3-15(14)21)25-18(27)17-10-23-16(9-24-17)12-4-6-28-11-12/h2-4,6,8-11H,5,7H2,1H3,(H2,22,26)(H,25,27). The number of nitrogens with two attached hydrogens (primary N) is 1. The third kappa shape index (κ3) is 4.15. The molecule has 6 nitrogen and oxygen atoms in total. The molecule has 3 heterocycles. The third-order valence-electron chi connectivity index (χ3n) is 4.70. The number of carbonyl (C=O) groups excluding carboxylic acids is 1. The Bertz CT molecular complexity index is 1070. The van der Waals surface area contributed by atoms with E-state index in [0.29, 0.717) is 28.5 Å². The van der Waals surface area contributed by atoms with Crippen LogP contribution in [0.1, 0.15) is 29.4 Å². The van der Waals surface area contributed by atoms with Crippen LogP contribution in [0.5, 0.6) is 0 Å². The zero-order chi connectivity index (χ0) is 20.4. The van der Waals surface area contributed by atoms with Gasteiger partial charge in [0.1, 0.15) is 11.5 Å². The zero-order valence-electron chi connectivity index (χ0n) is 15.6. The average Bonchev–Trinajstić information content (AvgIpc) is 3.24. The lowest BCUT2D eigenvalue weighted by atomic mass is 9.89. The Labute approximate surface area is 175 Å². The number of rotatable bonds is 4. The molecule has 0 bridgehead atoms. The largest absolute Gasteiger partial charge is 0.379 e. The molecule has 148 valence electrons. The molecule has 9 heteroatoms. The second-order valence-corrected chi connectivity index (χ2v) is 8.67. The first-order chi connectivity index (χ1) is 13.9. The van der Waals surface area contributed by atoms with E-state index in [1.54, 1.807) is 23.6 Å². The van der Waals surface area contributed by atoms with Gasteiger partial charge in [-0.05, 0) is 43.0 Å². The molecule has 1 aliphatic rings. The topological polar surface area (TPSA) is 93.3 Å². The third-order valence-corrected chi connectivity index (χ3v) is 6.18. The number of nitrogens with zero attached hydrogens (tertiary/aromatic N) is 3. The molecule has 0 spiro atoms. The number of amidine groups is 1. The second-order valence-electron chi connectivity index (χ2n) is 6.77. The number of thiophene rings is 1. The molecule has 3 N–H and O–H groups in total. The van der Waals surface area contributed by atoms with Crippen LogP contribution in [0.4, 0.5) is 10.1 Å². The first-order valence-electron chi connectivity index (χ1n) is 8.89. The number of amides is 1. The van der Waals surface area contributed by atoms with Crippen molar-refractivity contribution in [2.75, 3.05) is 11.1 Å². The van der Waals surface area contributed by atoms with Crippen LogP contribution in [0, 0.1) is 5.82 Å². The molecule has 1 aromatic carbocycles. The fourth-order valence-electron chi connectivity index (χ4n) is 3.10. The number of halogens is 1. The molecule has 1 atom stereocenters. The van der Waals surface area contributed by atoms with Crippen molar-refractivity contribution >= 4 is 39.9 Å². The highest BCUT2D eigenvalue weighted by Crippen LogP contribution is 2.37. The van der Waals surface area contributed by atoms with Crippen LogP contribution >= 0.6 is 23.1 Å². The van der Waals surface area contributed by atoms with Gasteiger partial charge in [0, 0.05) is 27.9 Å². The van der Waals surface area contributed by atoms with E-state index >= 15 is 0 Å². The van der Waals surface area contributed by atoms with Crippen LogP contribution < -0.4 is 11.1 Å². The Balaban J connectivity index is 1.55. The average molecular weight is 428 g/mol. The highest BCUT2D eigenvalue weighted by molar-refractivity contribution is 8.13. The van der Waals surface area contributed by atoms with Gasteiger partial charge in [-0.3, -0.25) is 14.8 Å². The molecular formula is C20H18FN5OS2. The summed E-state index contributed by atoms with van der Waals surface area (Å²) in [5.74, 6) is -0.0401. The minimum Gasteiger partial charge on any atom is -0.379 e. The van der Waals surface area contributed by atoms with E-state index in [4.69, 9.17) is 5.73 Å². The predicted molar refractivity (Wildman–Crippen MR) is 116 cm³/mol. The number of hydrogen-bond acceptors (Lipinski definition) is 7. The molecule has 3 aromatic rings. The van der Waals surface area contributed by atoms with Gasteiger partial charge in [-0.1, -0.05) is 11.8 Å². The van der Waals surface area contributed by atoms with Crippen molar-refractivity contribution in [2.24, 2.45) is 10.7 Å². The summed E-state index contributed by atoms with van der Waals surface area (Å²) in [7, 11) is 0. The van der Waals surface area contributed by atoms with Gasteiger partial charge in [-0.2, -0.15) is 11.3 Å². The van der Waals surface area contributed by atoms with Crippen LogP contribution in [0.2, 0.25) is 0 Å². The van der Waals surface area contributed by atoms with E-state index in [-0.39, 0.29) is 11.5 Å². The molecule has 1 unspecified atom stereocenters. The summed E-state index contributed by atoms with van der Waals surface area (Å²) in [4.78, 5) is 25.5. The first kappa shape index (κ1) is 19.5. The number of aliphatic imine (C=N–C) groups is 1. The Hall–Kier alpha value is -2.78. The number of carbonyl (C=O) groups is 1. The van der Waals surface area contributed by atoms with E-state index in [1.807, 2.05) is 23.8 Å². The highest BCUT2D eigenvalue weighted by Gasteiger charge is 2.32. The van der Waals surface area contributed by atoms with Crippen molar-refractivity contribution in [3.63, 3.8) is 0 Å². The molecule has 0 saturated heterocycles. The molecule has 1 amide bonds. The fourth-order valence-corrected chi connectivity index (χ4v) is 4.72. The van der Waals surface area contributed by atoms with Crippen molar-refractivity contribution in [2.45, 2.75) is 18.9 Å². The summed E-state index contributed by atoms with van der Waals surface area (Å²) in [5.41, 5.74) is 7.78. The maximum absolute atomic E-state index is 14.5. The lowest BCUT2D eigenvalue weighted by molar-refractivity contribution is 0.102. The summed E-state index contributed by atoms with van der Waals surface area (Å²) in [6.45, 7) is 1.85. The van der Waals surface area contributed by atoms with Crippen LogP contribution in [0.15, 0.2) is 52.4 Å². The van der Waals surface area contributed by atoms with Crippen molar-refractivity contribution in [1.29, 1.82) is 0 Å². The van der Waals surface area contributed by atoms with Crippen molar-refractivity contribution in [1.82, 2.24) is 9.97 Å². The molecule has 0 saturated carbocycles. The van der Waals surface area contributed by atoms with E-state index < -0.39 is 11.4 Å². The summed E-state index contributed by atoms with van der Waals surface area (Å²) >= 11 is 3.02. The SMILES string of the molecule is CC1(c2cc(NC(=O)c3cnc(-c4ccsc4)cn3)ccc2F)CCSC(N)=N1. The smallest absolute Gasteiger partial charge is 0.275 e. The van der Waals surface area contributed by atoms with Gasteiger partial charge < -0.3 is 11.1 Å². The van der Waals surface area contributed by atoms with Crippen molar-refractivity contribution < 1.29 is 9.18 Å².